The van der Waals surface area contributed by atoms with E-state index < -0.39 is 28.4 Å². The van der Waals surface area contributed by atoms with E-state index in [1.54, 1.807) is 22.8 Å². The maximum absolute atomic E-state index is 13.1. The number of nitrogens with zero attached hydrogens (tertiary/aromatic N) is 4. The highest BCUT2D eigenvalue weighted by molar-refractivity contribution is 7.89. The quantitative estimate of drug-likeness (QED) is 0.645. The highest BCUT2D eigenvalue weighted by atomic mass is 32.2. The molecule has 3 rings (SSSR count). The van der Waals surface area contributed by atoms with Crippen LogP contribution in [0.4, 0.5) is 0 Å². The molecule has 0 atom stereocenters. The number of ether oxygens (including phenoxy) is 1. The van der Waals surface area contributed by atoms with E-state index in [-0.39, 0.29) is 17.1 Å². The molecule has 0 fully saturated rings. The number of carbonyl (C=O) groups excluding carboxylic acids is 2. The Morgan fingerprint density at radius 2 is 2.00 bits per heavy atom. The number of hydrogen-bond acceptors (Lipinski definition) is 7. The summed E-state index contributed by atoms with van der Waals surface area (Å²) in [7, 11) is 0.982. The molecule has 29 heavy (non-hydrogen) atoms. The number of amides is 1. The third kappa shape index (κ3) is 4.16. The van der Waals surface area contributed by atoms with E-state index in [0.717, 1.165) is 4.31 Å². The van der Waals surface area contributed by atoms with Crippen molar-refractivity contribution in [1.82, 2.24) is 24.1 Å². The summed E-state index contributed by atoms with van der Waals surface area (Å²) in [4.78, 5) is 30.7. The Bertz CT molecular complexity index is 1030. The second-order valence-corrected chi connectivity index (χ2v) is 8.69. The summed E-state index contributed by atoms with van der Waals surface area (Å²) in [5, 5.41) is 2.78. The smallest absolute Gasteiger partial charge is 0.321 e. The van der Waals surface area contributed by atoms with E-state index in [2.05, 4.69) is 15.0 Å². The molecular formula is C18H23N5O5S. The molecule has 1 amide bonds. The Kier molecular flexibility index (Phi) is 6.01. The highest BCUT2D eigenvalue weighted by Gasteiger charge is 2.36. The molecule has 0 unspecified atom stereocenters. The number of methoxy groups -OCH3 is 1. The van der Waals surface area contributed by atoms with Gasteiger partial charge in [0.1, 0.15) is 17.8 Å². The maximum atomic E-state index is 13.1. The molecule has 0 saturated heterocycles. The van der Waals surface area contributed by atoms with Gasteiger partial charge in [0, 0.05) is 13.1 Å². The van der Waals surface area contributed by atoms with E-state index in [4.69, 9.17) is 0 Å². The minimum Gasteiger partial charge on any atom is -0.468 e. The molecule has 1 N–H and O–H groups in total. The number of hydrogen-bond donors (Lipinski definition) is 1. The third-order valence-corrected chi connectivity index (χ3v) is 6.37. The number of nitrogens with one attached hydrogen (secondary N) is 1. The summed E-state index contributed by atoms with van der Waals surface area (Å²) in [5.41, 5.74) is 0.866. The summed E-state index contributed by atoms with van der Waals surface area (Å²) < 4.78 is 33.5. The van der Waals surface area contributed by atoms with Crippen LogP contribution in [0.2, 0.25) is 0 Å². The topological polar surface area (TPSA) is 114 Å². The van der Waals surface area contributed by atoms with Crippen LogP contribution in [0, 0.1) is 0 Å². The molecular weight excluding hydrogens is 398 g/mol. The molecule has 0 radical (unpaired) electrons. The first-order valence-electron chi connectivity index (χ1n) is 8.91. The zero-order valence-electron chi connectivity index (χ0n) is 16.5. The van der Waals surface area contributed by atoms with Gasteiger partial charge in [-0.05, 0) is 26.2 Å². The average molecular weight is 421 g/mol. The summed E-state index contributed by atoms with van der Waals surface area (Å²) in [5.74, 6) is -1.11. The zero-order chi connectivity index (χ0) is 21.2. The molecule has 0 spiro atoms. The molecule has 0 saturated carbocycles. The fraction of sp³-hybridized carbons (Fsp3) is 0.389. The van der Waals surface area contributed by atoms with E-state index in [0.29, 0.717) is 24.5 Å². The Balaban J connectivity index is 2.05. The van der Waals surface area contributed by atoms with Gasteiger partial charge in [-0.2, -0.15) is 4.31 Å². The van der Waals surface area contributed by atoms with Crippen molar-refractivity contribution < 1.29 is 22.7 Å². The van der Waals surface area contributed by atoms with Crippen molar-refractivity contribution in [2.24, 2.45) is 0 Å². The molecule has 11 heteroatoms. The van der Waals surface area contributed by atoms with E-state index in [1.165, 1.54) is 19.5 Å². The molecule has 156 valence electrons. The van der Waals surface area contributed by atoms with Crippen LogP contribution in [0.1, 0.15) is 16.2 Å². The normalized spacial score (nSPS) is 15.3. The minimum atomic E-state index is -3.99. The number of imidazole rings is 1. The number of carbonyl (C=O) groups is 2. The average Bonchev–Trinajstić information content (AvgIpc) is 3.07. The Morgan fingerprint density at radius 3 is 2.69 bits per heavy atom. The molecule has 1 aromatic carbocycles. The van der Waals surface area contributed by atoms with Gasteiger partial charge in [-0.15, -0.1) is 0 Å². The van der Waals surface area contributed by atoms with E-state index in [9.17, 15) is 18.0 Å². The Hall–Kier alpha value is -2.76. The van der Waals surface area contributed by atoms with Crippen LogP contribution in [0.3, 0.4) is 0 Å². The first-order valence-corrected chi connectivity index (χ1v) is 10.3. The van der Waals surface area contributed by atoms with Crippen LogP contribution in [0.15, 0.2) is 35.5 Å². The van der Waals surface area contributed by atoms with E-state index in [1.807, 2.05) is 19.0 Å². The van der Waals surface area contributed by atoms with Crippen molar-refractivity contribution in [3.63, 3.8) is 0 Å². The van der Waals surface area contributed by atoms with Crippen molar-refractivity contribution >= 4 is 21.9 Å². The number of aromatic nitrogens is 2. The van der Waals surface area contributed by atoms with Gasteiger partial charge in [0.05, 0.1) is 25.0 Å². The zero-order valence-corrected chi connectivity index (χ0v) is 17.3. The second-order valence-electron chi connectivity index (χ2n) is 6.79. The van der Waals surface area contributed by atoms with Crippen molar-refractivity contribution in [1.29, 1.82) is 0 Å². The molecule has 10 nitrogen and oxygen atoms in total. The molecule has 1 aliphatic rings. The summed E-state index contributed by atoms with van der Waals surface area (Å²) in [6.45, 7) is 0.398. The van der Waals surface area contributed by atoms with Crippen LogP contribution < -0.4 is 5.32 Å². The van der Waals surface area contributed by atoms with Gasteiger partial charge in [-0.25, -0.2) is 13.4 Å². The van der Waals surface area contributed by atoms with Crippen LogP contribution in [0.25, 0.3) is 5.69 Å². The number of fused-ring (bicyclic) bond motifs is 3. The molecule has 2 heterocycles. The number of benzene rings is 1. The van der Waals surface area contributed by atoms with Gasteiger partial charge in [-0.1, -0.05) is 12.1 Å². The minimum absolute atomic E-state index is 0.0274. The number of esters is 1. The lowest BCUT2D eigenvalue weighted by atomic mass is 10.2. The van der Waals surface area contributed by atoms with Gasteiger partial charge < -0.3 is 15.0 Å². The lowest BCUT2D eigenvalue weighted by Gasteiger charge is -2.19. The van der Waals surface area contributed by atoms with Gasteiger partial charge in [-0.3, -0.25) is 14.2 Å². The SMILES string of the molecule is COC(=O)CN1Cc2c(C(=O)NCCN(C)C)ncn2-c2ccccc2S1(=O)=O. The molecule has 2 aromatic rings. The number of para-hydroxylation sites is 1. The predicted octanol–water partition coefficient (Wildman–Crippen LogP) is -0.159. The Labute approximate surface area is 169 Å². The molecule has 1 aromatic heterocycles. The van der Waals surface area contributed by atoms with Crippen molar-refractivity contribution in [2.45, 2.75) is 11.4 Å². The molecule has 1 aliphatic heterocycles. The molecule has 0 bridgehead atoms. The lowest BCUT2D eigenvalue weighted by molar-refractivity contribution is -0.140. The van der Waals surface area contributed by atoms with Crippen molar-refractivity contribution in [2.75, 3.05) is 40.8 Å². The Morgan fingerprint density at radius 1 is 1.28 bits per heavy atom. The van der Waals surface area contributed by atoms with Crippen LogP contribution in [0.5, 0.6) is 0 Å². The number of sulfonamides is 1. The maximum Gasteiger partial charge on any atom is 0.321 e. The lowest BCUT2D eigenvalue weighted by Crippen LogP contribution is -2.36. The molecule has 0 aliphatic carbocycles. The summed E-state index contributed by atoms with van der Waals surface area (Å²) in [6.07, 6.45) is 1.42. The van der Waals surface area contributed by atoms with Crippen molar-refractivity contribution in [3.05, 3.63) is 42.0 Å². The highest BCUT2D eigenvalue weighted by Crippen LogP contribution is 2.31. The van der Waals surface area contributed by atoms with Gasteiger partial charge in [0.15, 0.2) is 5.69 Å². The monoisotopic (exact) mass is 421 g/mol. The summed E-state index contributed by atoms with van der Waals surface area (Å²) >= 11 is 0. The fourth-order valence-electron chi connectivity index (χ4n) is 3.01. The standard InChI is InChI=1S/C18H23N5O5S/c1-21(2)9-8-19-18(25)17-14-10-22(11-16(24)28-3)29(26,27)15-7-5-4-6-13(15)23(14)12-20-17/h4-7,12H,8-11H2,1-3H3,(H,19,25). The first kappa shape index (κ1) is 21.0. The summed E-state index contributed by atoms with van der Waals surface area (Å²) in [6, 6.07) is 6.39. The van der Waals surface area contributed by atoms with Gasteiger partial charge in [0.25, 0.3) is 5.91 Å². The van der Waals surface area contributed by atoms with Crippen molar-refractivity contribution in [3.8, 4) is 5.69 Å². The van der Waals surface area contributed by atoms with Crippen LogP contribution in [-0.4, -0.2) is 79.9 Å². The fourth-order valence-corrected chi connectivity index (χ4v) is 4.54. The predicted molar refractivity (Wildman–Crippen MR) is 104 cm³/mol. The third-order valence-electron chi connectivity index (χ3n) is 4.53. The first-order chi connectivity index (χ1) is 13.8. The largest absolute Gasteiger partial charge is 0.468 e. The van der Waals surface area contributed by atoms with Gasteiger partial charge >= 0.3 is 5.97 Å². The van der Waals surface area contributed by atoms with E-state index >= 15 is 0 Å². The second kappa shape index (κ2) is 8.31. The van der Waals surface area contributed by atoms with Crippen LogP contribution in [-0.2, 0) is 26.1 Å². The number of rotatable bonds is 6. The van der Waals surface area contributed by atoms with Crippen LogP contribution >= 0.6 is 0 Å². The number of likely N-dealkylation sites (N-methyl/N-ethyl adjacent to an activating group) is 1. The van der Waals surface area contributed by atoms with Gasteiger partial charge in [0.2, 0.25) is 10.0 Å².